The number of alkyl halides is 3. The molecule has 1 aliphatic heterocycles. The molecule has 9 nitrogen and oxygen atoms in total. The number of carbonyl (C=O) groups excluding carboxylic acids is 2. The second kappa shape index (κ2) is 9.75. The monoisotopic (exact) mass is 541 g/mol. The van der Waals surface area contributed by atoms with Gasteiger partial charge >= 0.3 is 18.1 Å². The van der Waals surface area contributed by atoms with Crippen molar-refractivity contribution in [1.29, 1.82) is 0 Å². The first-order valence-corrected chi connectivity index (χ1v) is 12.4. The summed E-state index contributed by atoms with van der Waals surface area (Å²) in [5, 5.41) is 12.3. The van der Waals surface area contributed by atoms with Crippen molar-refractivity contribution >= 4 is 39.7 Å². The maximum atomic E-state index is 13.3. The highest BCUT2D eigenvalue weighted by atomic mass is 19.4. The number of nitrogens with zero attached hydrogens (tertiary/aromatic N) is 4. The van der Waals surface area contributed by atoms with E-state index < -0.39 is 35.9 Å². The molecule has 0 spiro atoms. The molecule has 2 aromatic carbocycles. The summed E-state index contributed by atoms with van der Waals surface area (Å²) in [6.07, 6.45) is -5.26. The molecule has 4 aromatic rings. The summed E-state index contributed by atoms with van der Waals surface area (Å²) in [4.78, 5) is 42.5. The van der Waals surface area contributed by atoms with Gasteiger partial charge in [-0.15, -0.1) is 0 Å². The first-order chi connectivity index (χ1) is 18.5. The van der Waals surface area contributed by atoms with E-state index in [1.54, 1.807) is 23.5 Å². The lowest BCUT2D eigenvalue weighted by Crippen LogP contribution is -2.57. The number of piperidine rings is 1. The fourth-order valence-corrected chi connectivity index (χ4v) is 5.31. The number of carboxylic acids is 1. The van der Waals surface area contributed by atoms with Crippen molar-refractivity contribution in [2.75, 3.05) is 13.1 Å². The highest BCUT2D eigenvalue weighted by Gasteiger charge is 2.44. The molecule has 0 aliphatic carbocycles. The SMILES string of the molecule is CCn1c(-c2nc3cc(C(=O)N4CCC(C(=O)O)C(NC(=O)C(F)(F)F)C4)ccc3n2C)cc2ccccc21. The number of carboxylic acid groups (broad SMARTS) is 1. The minimum atomic E-state index is -5.17. The highest BCUT2D eigenvalue weighted by molar-refractivity contribution is 5.98. The number of fused-ring (bicyclic) bond motifs is 2. The fourth-order valence-electron chi connectivity index (χ4n) is 5.31. The molecule has 39 heavy (non-hydrogen) atoms. The van der Waals surface area contributed by atoms with Gasteiger partial charge in [0.15, 0.2) is 5.82 Å². The van der Waals surface area contributed by atoms with Gasteiger partial charge in [0.1, 0.15) is 0 Å². The summed E-state index contributed by atoms with van der Waals surface area (Å²) < 4.78 is 42.5. The lowest BCUT2D eigenvalue weighted by molar-refractivity contribution is -0.175. The molecule has 2 N–H and O–H groups in total. The third-order valence-electron chi connectivity index (χ3n) is 7.27. The summed E-state index contributed by atoms with van der Waals surface area (Å²) in [5.41, 5.74) is 3.61. The van der Waals surface area contributed by atoms with E-state index in [1.165, 1.54) is 4.90 Å². The molecule has 2 amide bonds. The number of nitrogens with one attached hydrogen (secondary N) is 1. The molecule has 2 aromatic heterocycles. The topological polar surface area (TPSA) is 109 Å². The van der Waals surface area contributed by atoms with Crippen molar-refractivity contribution in [3.8, 4) is 11.5 Å². The average molecular weight is 542 g/mol. The van der Waals surface area contributed by atoms with Crippen LogP contribution in [0.5, 0.6) is 0 Å². The van der Waals surface area contributed by atoms with Gasteiger partial charge in [-0.2, -0.15) is 13.2 Å². The molecule has 2 unspecified atom stereocenters. The summed E-state index contributed by atoms with van der Waals surface area (Å²) in [7, 11) is 1.88. The van der Waals surface area contributed by atoms with Gasteiger partial charge in [0.25, 0.3) is 5.91 Å². The Balaban J connectivity index is 1.44. The van der Waals surface area contributed by atoms with Crippen molar-refractivity contribution in [2.24, 2.45) is 13.0 Å². The van der Waals surface area contributed by atoms with E-state index in [4.69, 9.17) is 4.98 Å². The number of carbonyl (C=O) groups is 3. The molecular formula is C27H26F3N5O4. The smallest absolute Gasteiger partial charge is 0.471 e. The van der Waals surface area contributed by atoms with Crippen molar-refractivity contribution in [3.63, 3.8) is 0 Å². The molecule has 2 atom stereocenters. The Hall–Kier alpha value is -4.35. The Bertz CT molecular complexity index is 1610. The largest absolute Gasteiger partial charge is 0.481 e. The zero-order chi connectivity index (χ0) is 28.1. The summed E-state index contributed by atoms with van der Waals surface area (Å²) >= 11 is 0. The summed E-state index contributed by atoms with van der Waals surface area (Å²) in [5.74, 6) is -4.58. The Morgan fingerprint density at radius 2 is 1.85 bits per heavy atom. The molecule has 3 heterocycles. The number of aryl methyl sites for hydroxylation is 2. The number of imidazole rings is 1. The second-order valence-corrected chi connectivity index (χ2v) is 9.59. The van der Waals surface area contributed by atoms with Gasteiger partial charge in [-0.3, -0.25) is 14.4 Å². The number of aliphatic carboxylic acids is 1. The third-order valence-corrected chi connectivity index (χ3v) is 7.27. The van der Waals surface area contributed by atoms with Crippen LogP contribution < -0.4 is 5.32 Å². The van der Waals surface area contributed by atoms with E-state index in [-0.39, 0.29) is 25.1 Å². The first kappa shape index (κ1) is 26.3. The Kier molecular flexibility index (Phi) is 6.57. The molecule has 0 radical (unpaired) electrons. The van der Waals surface area contributed by atoms with Gasteiger partial charge in [-0.25, -0.2) is 4.98 Å². The standard InChI is InChI=1S/C27H26F3N5O4/c1-3-35-20-7-5-4-6-15(20)13-22(35)23-31-18-12-16(8-9-21(18)33(23)2)24(36)34-11-10-17(25(37)38)19(14-34)32-26(39)27(28,29)30/h4-9,12-13,17,19H,3,10-11,14H2,1-2H3,(H,32,39)(H,37,38). The maximum Gasteiger partial charge on any atom is 0.471 e. The van der Waals surface area contributed by atoms with Crippen LogP contribution in [0.3, 0.4) is 0 Å². The van der Waals surface area contributed by atoms with Crippen LogP contribution in [0.1, 0.15) is 23.7 Å². The minimum Gasteiger partial charge on any atom is -0.481 e. The quantitative estimate of drug-likeness (QED) is 0.400. The normalized spacial score (nSPS) is 18.0. The van der Waals surface area contributed by atoms with Crippen LogP contribution in [0.2, 0.25) is 0 Å². The number of halogens is 3. The number of amides is 2. The van der Waals surface area contributed by atoms with Crippen molar-refractivity contribution < 1.29 is 32.7 Å². The molecular weight excluding hydrogens is 515 g/mol. The molecule has 12 heteroatoms. The minimum absolute atomic E-state index is 0.0241. The molecule has 5 rings (SSSR count). The predicted octanol–water partition coefficient (Wildman–Crippen LogP) is 3.81. The van der Waals surface area contributed by atoms with Gasteiger partial charge in [0.05, 0.1) is 28.7 Å². The Morgan fingerprint density at radius 3 is 2.54 bits per heavy atom. The van der Waals surface area contributed by atoms with Gasteiger partial charge in [0, 0.05) is 43.1 Å². The maximum absolute atomic E-state index is 13.3. The fraction of sp³-hybridized carbons (Fsp3) is 0.333. The number of benzene rings is 2. The molecule has 0 saturated carbocycles. The van der Waals surface area contributed by atoms with Crippen molar-refractivity contribution in [2.45, 2.75) is 32.1 Å². The lowest BCUT2D eigenvalue weighted by atomic mass is 9.91. The van der Waals surface area contributed by atoms with E-state index in [1.807, 2.05) is 42.8 Å². The first-order valence-electron chi connectivity index (χ1n) is 12.4. The second-order valence-electron chi connectivity index (χ2n) is 9.59. The predicted molar refractivity (Wildman–Crippen MR) is 137 cm³/mol. The number of likely N-dealkylation sites (tertiary alicyclic amines) is 1. The molecule has 0 bridgehead atoms. The summed E-state index contributed by atoms with van der Waals surface area (Å²) in [6.45, 7) is 2.44. The van der Waals surface area contributed by atoms with Gasteiger partial charge in [-0.1, -0.05) is 18.2 Å². The zero-order valence-electron chi connectivity index (χ0n) is 21.2. The zero-order valence-corrected chi connectivity index (χ0v) is 21.2. The Labute approximate surface area is 220 Å². The van der Waals surface area contributed by atoms with Crippen LogP contribution in [0.15, 0.2) is 48.5 Å². The third kappa shape index (κ3) is 4.70. The number of para-hydroxylation sites is 1. The summed E-state index contributed by atoms with van der Waals surface area (Å²) in [6, 6.07) is 13.7. The van der Waals surface area contributed by atoms with Crippen LogP contribution in [0, 0.1) is 5.92 Å². The van der Waals surface area contributed by atoms with Gasteiger partial charge in [-0.05, 0) is 43.7 Å². The molecule has 1 saturated heterocycles. The highest BCUT2D eigenvalue weighted by Crippen LogP contribution is 2.31. The average Bonchev–Trinajstić information content (AvgIpc) is 3.44. The Morgan fingerprint density at radius 1 is 1.10 bits per heavy atom. The number of aromatic nitrogens is 3. The number of rotatable bonds is 5. The lowest BCUT2D eigenvalue weighted by Gasteiger charge is -2.37. The van der Waals surface area contributed by atoms with Crippen LogP contribution in [-0.4, -0.2) is 67.2 Å². The van der Waals surface area contributed by atoms with Crippen LogP contribution in [0.25, 0.3) is 33.5 Å². The van der Waals surface area contributed by atoms with Gasteiger partial charge in [0.2, 0.25) is 0 Å². The molecule has 1 aliphatic rings. The van der Waals surface area contributed by atoms with Crippen LogP contribution in [-0.2, 0) is 23.2 Å². The van der Waals surface area contributed by atoms with Crippen molar-refractivity contribution in [1.82, 2.24) is 24.3 Å². The van der Waals surface area contributed by atoms with E-state index >= 15 is 0 Å². The number of hydrogen-bond acceptors (Lipinski definition) is 4. The van der Waals surface area contributed by atoms with E-state index in [0.29, 0.717) is 11.3 Å². The van der Waals surface area contributed by atoms with E-state index in [0.717, 1.165) is 28.7 Å². The number of hydrogen-bond donors (Lipinski definition) is 2. The van der Waals surface area contributed by atoms with Gasteiger partial charge < -0.3 is 24.5 Å². The molecule has 204 valence electrons. The van der Waals surface area contributed by atoms with Crippen LogP contribution >= 0.6 is 0 Å². The van der Waals surface area contributed by atoms with E-state index in [2.05, 4.69) is 10.6 Å². The van der Waals surface area contributed by atoms with E-state index in [9.17, 15) is 32.7 Å². The molecule has 1 fully saturated rings. The van der Waals surface area contributed by atoms with Crippen molar-refractivity contribution in [3.05, 3.63) is 54.1 Å². The van der Waals surface area contributed by atoms with Crippen LogP contribution in [0.4, 0.5) is 13.2 Å².